The molecule has 1 rings (SSSR count). The molecule has 2 N–H and O–H groups in total. The third-order valence-corrected chi connectivity index (χ3v) is 3.42. The topological polar surface area (TPSA) is 55.6 Å². The van der Waals surface area contributed by atoms with Crippen LogP contribution >= 0.6 is 0 Å². The molecular weight excluding hydrogens is 228 g/mol. The normalized spacial score (nSPS) is 24.7. The number of ether oxygens (including phenoxy) is 1. The van der Waals surface area contributed by atoms with Gasteiger partial charge in [-0.15, -0.1) is 0 Å². The molecule has 1 aliphatic carbocycles. The van der Waals surface area contributed by atoms with Crippen LogP contribution in [0, 0.1) is 5.92 Å². The molecule has 4 nitrogen and oxygen atoms in total. The molecule has 0 saturated heterocycles. The van der Waals surface area contributed by atoms with Crippen molar-refractivity contribution in [2.75, 3.05) is 13.1 Å². The molecule has 1 saturated carbocycles. The van der Waals surface area contributed by atoms with Gasteiger partial charge < -0.3 is 15.4 Å². The van der Waals surface area contributed by atoms with Gasteiger partial charge in [0.15, 0.2) is 0 Å². The van der Waals surface area contributed by atoms with Gasteiger partial charge in [0.2, 0.25) is 0 Å². The number of hydrogen-bond acceptors (Lipinski definition) is 3. The Kier molecular flexibility index (Phi) is 5.45. The molecule has 1 aliphatic rings. The van der Waals surface area contributed by atoms with E-state index in [-0.39, 0.29) is 6.09 Å². The van der Waals surface area contributed by atoms with Crippen LogP contribution in [-0.2, 0) is 4.74 Å². The van der Waals surface area contributed by atoms with E-state index >= 15 is 0 Å². The number of amides is 1. The summed E-state index contributed by atoms with van der Waals surface area (Å²) in [7, 11) is 0. The molecule has 0 aromatic heterocycles. The van der Waals surface area contributed by atoms with Crippen molar-refractivity contribution in [2.24, 2.45) is 11.7 Å². The van der Waals surface area contributed by atoms with E-state index in [4.69, 9.17) is 10.5 Å². The highest BCUT2D eigenvalue weighted by Gasteiger charge is 2.30. The fourth-order valence-corrected chi connectivity index (χ4v) is 2.44. The minimum Gasteiger partial charge on any atom is -0.444 e. The Balaban J connectivity index is 2.61. The minimum atomic E-state index is -0.439. The van der Waals surface area contributed by atoms with E-state index in [0.29, 0.717) is 19.1 Å². The van der Waals surface area contributed by atoms with Gasteiger partial charge in [0, 0.05) is 19.1 Å². The van der Waals surface area contributed by atoms with Crippen LogP contribution in [0.1, 0.15) is 53.4 Å². The molecule has 1 fully saturated rings. The number of carbonyl (C=O) groups excluding carboxylic acids is 1. The predicted molar refractivity (Wildman–Crippen MR) is 73.4 cm³/mol. The number of rotatable bonds is 3. The molecule has 0 aromatic rings. The van der Waals surface area contributed by atoms with Crippen LogP contribution < -0.4 is 5.73 Å². The molecular formula is C14H28N2O2. The van der Waals surface area contributed by atoms with Crippen molar-refractivity contribution in [2.45, 2.75) is 65.0 Å². The SMILES string of the molecule is CC1CCC(N(CCN)C(=O)OC(C)(C)C)CC1. The first kappa shape index (κ1) is 15.3. The van der Waals surface area contributed by atoms with Crippen molar-refractivity contribution in [1.82, 2.24) is 4.90 Å². The maximum atomic E-state index is 12.2. The second kappa shape index (κ2) is 6.41. The van der Waals surface area contributed by atoms with Gasteiger partial charge in [-0.1, -0.05) is 6.92 Å². The van der Waals surface area contributed by atoms with Crippen molar-refractivity contribution >= 4 is 6.09 Å². The van der Waals surface area contributed by atoms with Gasteiger partial charge in [-0.05, 0) is 52.4 Å². The first-order valence-electron chi connectivity index (χ1n) is 7.03. The highest BCUT2D eigenvalue weighted by atomic mass is 16.6. The summed E-state index contributed by atoms with van der Waals surface area (Å²) in [6.07, 6.45) is 4.30. The quantitative estimate of drug-likeness (QED) is 0.844. The van der Waals surface area contributed by atoms with Gasteiger partial charge in [0.1, 0.15) is 5.60 Å². The summed E-state index contributed by atoms with van der Waals surface area (Å²) in [4.78, 5) is 14.0. The highest BCUT2D eigenvalue weighted by molar-refractivity contribution is 5.68. The van der Waals surface area contributed by atoms with Crippen molar-refractivity contribution in [3.63, 3.8) is 0 Å². The number of nitrogens with two attached hydrogens (primary N) is 1. The molecule has 0 atom stereocenters. The van der Waals surface area contributed by atoms with E-state index in [1.165, 1.54) is 12.8 Å². The van der Waals surface area contributed by atoms with Gasteiger partial charge in [0.25, 0.3) is 0 Å². The first-order chi connectivity index (χ1) is 8.33. The van der Waals surface area contributed by atoms with Crippen molar-refractivity contribution in [3.05, 3.63) is 0 Å². The zero-order valence-electron chi connectivity index (χ0n) is 12.2. The Morgan fingerprint density at radius 3 is 2.28 bits per heavy atom. The lowest BCUT2D eigenvalue weighted by atomic mass is 9.86. The molecule has 0 radical (unpaired) electrons. The van der Waals surface area contributed by atoms with Crippen LogP contribution in [0.2, 0.25) is 0 Å². The zero-order valence-corrected chi connectivity index (χ0v) is 12.2. The maximum absolute atomic E-state index is 12.2. The van der Waals surface area contributed by atoms with Crippen molar-refractivity contribution in [1.29, 1.82) is 0 Å². The third kappa shape index (κ3) is 4.84. The molecule has 0 heterocycles. The van der Waals surface area contributed by atoms with Crippen LogP contribution in [-0.4, -0.2) is 35.7 Å². The number of hydrogen-bond donors (Lipinski definition) is 1. The van der Waals surface area contributed by atoms with Crippen molar-refractivity contribution < 1.29 is 9.53 Å². The summed E-state index contributed by atoms with van der Waals surface area (Å²) in [5, 5.41) is 0. The zero-order chi connectivity index (χ0) is 13.8. The smallest absolute Gasteiger partial charge is 0.410 e. The molecule has 1 amide bonds. The number of nitrogens with zero attached hydrogens (tertiary/aromatic N) is 1. The molecule has 4 heteroatoms. The van der Waals surface area contributed by atoms with Gasteiger partial charge >= 0.3 is 6.09 Å². The van der Waals surface area contributed by atoms with E-state index in [1.807, 2.05) is 25.7 Å². The molecule has 18 heavy (non-hydrogen) atoms. The fourth-order valence-electron chi connectivity index (χ4n) is 2.44. The average molecular weight is 256 g/mol. The Bertz CT molecular complexity index is 265. The van der Waals surface area contributed by atoms with Crippen molar-refractivity contribution in [3.8, 4) is 0 Å². The minimum absolute atomic E-state index is 0.215. The van der Waals surface area contributed by atoms with Gasteiger partial charge in [-0.2, -0.15) is 0 Å². The van der Waals surface area contributed by atoms with Gasteiger partial charge in [-0.3, -0.25) is 0 Å². The summed E-state index contributed by atoms with van der Waals surface area (Å²) in [6, 6.07) is 0.305. The van der Waals surface area contributed by atoms with E-state index in [9.17, 15) is 4.79 Å². The van der Waals surface area contributed by atoms with Crippen LogP contribution in [0.4, 0.5) is 4.79 Å². The van der Waals surface area contributed by atoms with Gasteiger partial charge in [-0.25, -0.2) is 4.79 Å². The van der Waals surface area contributed by atoms with Gasteiger partial charge in [0.05, 0.1) is 0 Å². The van der Waals surface area contributed by atoms with E-state index in [1.54, 1.807) is 0 Å². The van der Waals surface area contributed by atoms with E-state index in [0.717, 1.165) is 18.8 Å². The Labute approximate surface area is 111 Å². The number of carbonyl (C=O) groups is 1. The summed E-state index contributed by atoms with van der Waals surface area (Å²) >= 11 is 0. The van der Waals surface area contributed by atoms with E-state index in [2.05, 4.69) is 6.92 Å². The first-order valence-corrected chi connectivity index (χ1v) is 7.03. The summed E-state index contributed by atoms with van der Waals surface area (Å²) in [5.41, 5.74) is 5.18. The second-order valence-electron chi connectivity index (χ2n) is 6.38. The lowest BCUT2D eigenvalue weighted by molar-refractivity contribution is 0.0114. The molecule has 0 unspecified atom stereocenters. The average Bonchev–Trinajstić information content (AvgIpc) is 2.25. The predicted octanol–water partition coefficient (Wildman–Crippen LogP) is 2.76. The third-order valence-electron chi connectivity index (χ3n) is 3.42. The van der Waals surface area contributed by atoms with Crippen LogP contribution in [0.3, 0.4) is 0 Å². The maximum Gasteiger partial charge on any atom is 0.410 e. The lowest BCUT2D eigenvalue weighted by Gasteiger charge is -2.36. The fraction of sp³-hybridized carbons (Fsp3) is 0.929. The second-order valence-corrected chi connectivity index (χ2v) is 6.38. The molecule has 106 valence electrons. The molecule has 0 aliphatic heterocycles. The van der Waals surface area contributed by atoms with Crippen LogP contribution in [0.25, 0.3) is 0 Å². The monoisotopic (exact) mass is 256 g/mol. The standard InChI is InChI=1S/C14H28N2O2/c1-11-5-7-12(8-6-11)16(10-9-15)13(17)18-14(2,3)4/h11-12H,5-10,15H2,1-4H3. The summed E-state index contributed by atoms with van der Waals surface area (Å²) in [6.45, 7) is 9.05. The van der Waals surface area contributed by atoms with Crippen LogP contribution in [0.5, 0.6) is 0 Å². The summed E-state index contributed by atoms with van der Waals surface area (Å²) < 4.78 is 5.46. The Hall–Kier alpha value is -0.770. The lowest BCUT2D eigenvalue weighted by Crippen LogP contribution is -2.46. The Morgan fingerprint density at radius 1 is 1.28 bits per heavy atom. The Morgan fingerprint density at radius 2 is 1.83 bits per heavy atom. The van der Waals surface area contributed by atoms with Crippen LogP contribution in [0.15, 0.2) is 0 Å². The molecule has 0 spiro atoms. The molecule has 0 bridgehead atoms. The van der Waals surface area contributed by atoms with E-state index < -0.39 is 5.60 Å². The molecule has 0 aromatic carbocycles. The highest BCUT2D eigenvalue weighted by Crippen LogP contribution is 2.27. The largest absolute Gasteiger partial charge is 0.444 e. The summed E-state index contributed by atoms with van der Waals surface area (Å²) in [5.74, 6) is 0.777.